The smallest absolute Gasteiger partial charge is 0.273 e. The molecule has 7 nitrogen and oxygen atoms in total. The summed E-state index contributed by atoms with van der Waals surface area (Å²) in [6, 6.07) is 20.7. The number of ketones is 1. The maximum atomic E-state index is 13.4. The summed E-state index contributed by atoms with van der Waals surface area (Å²) in [5.41, 5.74) is 0.923. The fraction of sp³-hybridized carbons (Fsp3) is 0.0769. The van der Waals surface area contributed by atoms with Crippen LogP contribution in [0.25, 0.3) is 17.3 Å². The molecule has 4 rings (SSSR count). The molecule has 0 atom stereocenters. The summed E-state index contributed by atoms with van der Waals surface area (Å²) in [6.07, 6.45) is 3.27. The summed E-state index contributed by atoms with van der Waals surface area (Å²) in [7, 11) is 3.08. The minimum absolute atomic E-state index is 0.135. The van der Waals surface area contributed by atoms with Crippen LogP contribution in [0.1, 0.15) is 16.1 Å². The fourth-order valence-electron chi connectivity index (χ4n) is 3.29. The highest BCUT2D eigenvalue weighted by molar-refractivity contribution is 7.07. The van der Waals surface area contributed by atoms with Gasteiger partial charge < -0.3 is 9.47 Å². The Balaban J connectivity index is 2.00. The second-order valence-electron chi connectivity index (χ2n) is 7.05. The number of rotatable bonds is 6. The number of thiazole rings is 1. The van der Waals surface area contributed by atoms with E-state index in [0.717, 1.165) is 11.3 Å². The van der Waals surface area contributed by atoms with Gasteiger partial charge in [0.2, 0.25) is 5.78 Å². The Hall–Kier alpha value is -4.48. The van der Waals surface area contributed by atoms with E-state index in [1.807, 2.05) is 12.1 Å². The highest BCUT2D eigenvalue weighted by atomic mass is 32.1. The minimum Gasteiger partial charge on any atom is -0.497 e. The van der Waals surface area contributed by atoms with E-state index in [1.165, 1.54) is 11.7 Å². The second kappa shape index (κ2) is 9.98. The van der Waals surface area contributed by atoms with Crippen LogP contribution in [0.5, 0.6) is 11.5 Å². The molecule has 0 radical (unpaired) electrons. The first kappa shape index (κ1) is 22.7. The molecular formula is C26H19N3O4S. The highest BCUT2D eigenvalue weighted by Gasteiger charge is 2.19. The van der Waals surface area contributed by atoms with Gasteiger partial charge >= 0.3 is 0 Å². The third-order valence-corrected chi connectivity index (χ3v) is 6.12. The topological polar surface area (TPSA) is 94.2 Å². The first-order chi connectivity index (χ1) is 16.5. The number of hydrogen-bond donors (Lipinski definition) is 0. The summed E-state index contributed by atoms with van der Waals surface area (Å²) in [6.45, 7) is 0. The van der Waals surface area contributed by atoms with E-state index >= 15 is 0 Å². The van der Waals surface area contributed by atoms with E-state index in [4.69, 9.17) is 9.47 Å². The van der Waals surface area contributed by atoms with Crippen LogP contribution in [-0.4, -0.2) is 29.6 Å². The summed E-state index contributed by atoms with van der Waals surface area (Å²) >= 11 is 1.07. The predicted molar refractivity (Wildman–Crippen MR) is 130 cm³/mol. The molecule has 168 valence electrons. The maximum Gasteiger partial charge on any atom is 0.273 e. The largest absolute Gasteiger partial charge is 0.497 e. The standard InChI is InChI=1S/C26H19N3O4S/c1-32-20-10-6-17(7-11-20)24(30)22(16-27)26-29(19-8-12-21(33-2)13-9-19)25(31)23(34-26)15-18-5-3-4-14-28-18/h3-15H,1-2H3. The number of carbonyl (C=O) groups is 1. The molecule has 0 bridgehead atoms. The molecular weight excluding hydrogens is 450 g/mol. The number of methoxy groups -OCH3 is 2. The van der Waals surface area contributed by atoms with Crippen LogP contribution in [-0.2, 0) is 0 Å². The average molecular weight is 470 g/mol. The van der Waals surface area contributed by atoms with Gasteiger partial charge in [0.15, 0.2) is 0 Å². The SMILES string of the molecule is COc1ccc(C(=O)C(C#N)=c2sc(=Cc3ccccn3)c(=O)n2-c2ccc(OC)cc2)cc1. The zero-order valence-electron chi connectivity index (χ0n) is 18.4. The van der Waals surface area contributed by atoms with Gasteiger partial charge in [-0.05, 0) is 66.7 Å². The van der Waals surface area contributed by atoms with Crippen LogP contribution < -0.4 is 24.2 Å². The van der Waals surface area contributed by atoms with Crippen molar-refractivity contribution < 1.29 is 14.3 Å². The fourth-order valence-corrected chi connectivity index (χ4v) is 4.38. The summed E-state index contributed by atoms with van der Waals surface area (Å²) < 4.78 is 12.3. The first-order valence-electron chi connectivity index (χ1n) is 10.2. The van der Waals surface area contributed by atoms with Crippen molar-refractivity contribution in [2.45, 2.75) is 0 Å². The van der Waals surface area contributed by atoms with E-state index < -0.39 is 5.78 Å². The highest BCUT2D eigenvalue weighted by Crippen LogP contribution is 2.16. The Morgan fingerprint density at radius 2 is 1.65 bits per heavy atom. The van der Waals surface area contributed by atoms with Crippen LogP contribution >= 0.6 is 11.3 Å². The molecule has 0 amide bonds. The van der Waals surface area contributed by atoms with Gasteiger partial charge in [-0.25, -0.2) is 0 Å². The van der Waals surface area contributed by atoms with Gasteiger partial charge in [-0.15, -0.1) is 11.3 Å². The molecule has 8 heteroatoms. The van der Waals surface area contributed by atoms with Crippen molar-refractivity contribution >= 4 is 28.8 Å². The Morgan fingerprint density at radius 1 is 1.00 bits per heavy atom. The molecule has 0 aliphatic rings. The molecule has 2 aromatic heterocycles. The van der Waals surface area contributed by atoms with Crippen LogP contribution in [0.15, 0.2) is 77.7 Å². The number of nitriles is 1. The lowest BCUT2D eigenvalue weighted by molar-refractivity contribution is 0.105. The molecule has 0 spiro atoms. The number of aromatic nitrogens is 2. The van der Waals surface area contributed by atoms with Gasteiger partial charge in [0.25, 0.3) is 5.56 Å². The number of Topliss-reactive ketones (excluding diaryl/α,β-unsaturated/α-hetero) is 1. The quantitative estimate of drug-likeness (QED) is 0.403. The summed E-state index contributed by atoms with van der Waals surface area (Å²) in [5, 5.41) is 9.97. The minimum atomic E-state index is -0.488. The van der Waals surface area contributed by atoms with Crippen molar-refractivity contribution in [3.05, 3.63) is 104 Å². The zero-order chi connectivity index (χ0) is 24.1. The summed E-state index contributed by atoms with van der Waals surface area (Å²) in [5.74, 6) is 0.722. The van der Waals surface area contributed by atoms with Crippen molar-refractivity contribution in [3.63, 3.8) is 0 Å². The Labute approximate surface area is 199 Å². The van der Waals surface area contributed by atoms with Gasteiger partial charge in [-0.2, -0.15) is 5.26 Å². The zero-order valence-corrected chi connectivity index (χ0v) is 19.2. The molecule has 0 fully saturated rings. The van der Waals surface area contributed by atoms with Crippen molar-refractivity contribution in [2.24, 2.45) is 0 Å². The molecule has 0 N–H and O–H groups in total. The Kier molecular flexibility index (Phi) is 6.67. The number of hydrogen-bond acceptors (Lipinski definition) is 7. The van der Waals surface area contributed by atoms with Gasteiger partial charge in [-0.1, -0.05) is 6.07 Å². The van der Waals surface area contributed by atoms with Gasteiger partial charge in [0.1, 0.15) is 27.8 Å². The number of nitrogens with zero attached hydrogens (tertiary/aromatic N) is 3. The van der Waals surface area contributed by atoms with Crippen LogP contribution in [0.2, 0.25) is 0 Å². The molecule has 0 aliphatic heterocycles. The number of benzene rings is 2. The third-order valence-electron chi connectivity index (χ3n) is 5.03. The van der Waals surface area contributed by atoms with Crippen LogP contribution in [0.4, 0.5) is 0 Å². The number of carbonyl (C=O) groups excluding carboxylic acids is 1. The molecule has 4 aromatic rings. The van der Waals surface area contributed by atoms with E-state index in [-0.39, 0.29) is 15.8 Å². The van der Waals surface area contributed by atoms with Crippen LogP contribution in [0.3, 0.4) is 0 Å². The molecule has 0 saturated heterocycles. The molecule has 2 aromatic carbocycles. The van der Waals surface area contributed by atoms with Crippen molar-refractivity contribution in [2.75, 3.05) is 14.2 Å². The molecule has 0 saturated carbocycles. The van der Waals surface area contributed by atoms with Gasteiger partial charge in [0, 0.05) is 11.8 Å². The average Bonchev–Trinajstić information content (AvgIpc) is 3.20. The first-order valence-corrected chi connectivity index (χ1v) is 11.0. The molecule has 0 unspecified atom stereocenters. The van der Waals surface area contributed by atoms with Crippen molar-refractivity contribution in [3.8, 4) is 23.3 Å². The number of ether oxygens (including phenoxy) is 2. The predicted octanol–water partition coefficient (Wildman–Crippen LogP) is 2.70. The van der Waals surface area contributed by atoms with E-state index in [9.17, 15) is 14.9 Å². The van der Waals surface area contributed by atoms with E-state index in [2.05, 4.69) is 4.98 Å². The maximum absolute atomic E-state index is 13.4. The monoisotopic (exact) mass is 469 g/mol. The molecule has 2 heterocycles. The second-order valence-corrected chi connectivity index (χ2v) is 8.08. The van der Waals surface area contributed by atoms with Crippen molar-refractivity contribution in [1.29, 1.82) is 5.26 Å². The van der Waals surface area contributed by atoms with E-state index in [1.54, 1.807) is 80.0 Å². The van der Waals surface area contributed by atoms with Crippen molar-refractivity contribution in [1.82, 2.24) is 9.55 Å². The van der Waals surface area contributed by atoms with E-state index in [0.29, 0.717) is 33.0 Å². The lowest BCUT2D eigenvalue weighted by atomic mass is 10.1. The lowest BCUT2D eigenvalue weighted by Crippen LogP contribution is -2.31. The van der Waals surface area contributed by atoms with Crippen LogP contribution in [0, 0.1) is 11.3 Å². The third kappa shape index (κ3) is 4.51. The van der Waals surface area contributed by atoms with Gasteiger partial charge in [-0.3, -0.25) is 19.1 Å². The summed E-state index contributed by atoms with van der Waals surface area (Å²) in [4.78, 5) is 31.0. The molecule has 34 heavy (non-hydrogen) atoms. The lowest BCUT2D eigenvalue weighted by Gasteiger charge is -2.06. The Bertz CT molecular complexity index is 1550. The normalized spacial score (nSPS) is 12.1. The molecule has 0 aliphatic carbocycles. The Morgan fingerprint density at radius 3 is 2.21 bits per heavy atom. The van der Waals surface area contributed by atoms with Gasteiger partial charge in [0.05, 0.1) is 30.1 Å². The number of pyridine rings is 1.